The number of hydrogen-bond donors (Lipinski definition) is 0. The molecule has 0 radical (unpaired) electrons. The smallest absolute Gasteiger partial charge is 0.209 e. The normalized spacial score (nSPS) is 19.4. The van der Waals surface area contributed by atoms with E-state index in [0.29, 0.717) is 23.8 Å². The van der Waals surface area contributed by atoms with Crippen molar-refractivity contribution >= 4 is 12.6 Å². The molecular formula is C11H15O3P. The molecule has 0 spiro atoms. The molecule has 0 aromatic carbocycles. The van der Waals surface area contributed by atoms with E-state index in [1.165, 1.54) is 0 Å². The Labute approximate surface area is 89.5 Å². The van der Waals surface area contributed by atoms with Crippen molar-refractivity contribution in [1.29, 1.82) is 0 Å². The third kappa shape index (κ3) is 1.89. The second-order valence-corrected chi connectivity index (χ2v) is 6.40. The van der Waals surface area contributed by atoms with Crippen LogP contribution in [-0.2, 0) is 9.30 Å². The van der Waals surface area contributed by atoms with Gasteiger partial charge in [0, 0.05) is 12.6 Å². The van der Waals surface area contributed by atoms with E-state index in [-0.39, 0.29) is 0 Å². The zero-order chi connectivity index (χ0) is 10.7. The summed E-state index contributed by atoms with van der Waals surface area (Å²) < 4.78 is 23.5. The molecule has 0 fully saturated rings. The summed E-state index contributed by atoms with van der Waals surface area (Å²) in [5, 5.41) is 0. The second-order valence-electron chi connectivity index (χ2n) is 3.59. The highest BCUT2D eigenvalue weighted by atomic mass is 31.2. The van der Waals surface area contributed by atoms with Crippen molar-refractivity contribution in [2.24, 2.45) is 0 Å². The van der Waals surface area contributed by atoms with Gasteiger partial charge in [-0.2, -0.15) is 0 Å². The van der Waals surface area contributed by atoms with Gasteiger partial charge in [0.05, 0.1) is 12.9 Å². The van der Waals surface area contributed by atoms with Crippen molar-refractivity contribution < 1.29 is 13.7 Å². The minimum atomic E-state index is -2.60. The van der Waals surface area contributed by atoms with Gasteiger partial charge in [-0.15, -0.1) is 0 Å². The van der Waals surface area contributed by atoms with Crippen LogP contribution in [0.2, 0.25) is 0 Å². The first-order valence-corrected chi connectivity index (χ1v) is 7.13. The zero-order valence-corrected chi connectivity index (χ0v) is 9.70. The lowest BCUT2D eigenvalue weighted by Gasteiger charge is -2.15. The molecule has 0 aliphatic carbocycles. The predicted molar refractivity (Wildman–Crippen MR) is 59.8 cm³/mol. The van der Waals surface area contributed by atoms with Crippen LogP contribution in [0.15, 0.2) is 34.4 Å². The third-order valence-corrected chi connectivity index (χ3v) is 5.51. The Morgan fingerprint density at radius 2 is 2.40 bits per heavy atom. The fourth-order valence-corrected chi connectivity index (χ4v) is 4.35. The van der Waals surface area contributed by atoms with Crippen LogP contribution in [0.3, 0.4) is 0 Å². The molecule has 1 unspecified atom stereocenters. The Morgan fingerprint density at radius 3 is 2.93 bits per heavy atom. The van der Waals surface area contributed by atoms with Crippen LogP contribution in [0.5, 0.6) is 0 Å². The van der Waals surface area contributed by atoms with Crippen molar-refractivity contribution in [3.8, 4) is 0 Å². The van der Waals surface area contributed by atoms with Crippen LogP contribution in [0, 0.1) is 0 Å². The molecule has 1 aromatic rings. The zero-order valence-electron chi connectivity index (χ0n) is 8.81. The Morgan fingerprint density at radius 1 is 1.53 bits per heavy atom. The lowest BCUT2D eigenvalue weighted by Crippen LogP contribution is -2.07. The van der Waals surface area contributed by atoms with Gasteiger partial charge in [-0.25, -0.2) is 0 Å². The van der Waals surface area contributed by atoms with Gasteiger partial charge < -0.3 is 13.7 Å². The molecule has 0 amide bonds. The number of furan rings is 1. The van der Waals surface area contributed by atoms with Crippen LogP contribution in [0.25, 0.3) is 0 Å². The van der Waals surface area contributed by atoms with Gasteiger partial charge in [0.2, 0.25) is 7.14 Å². The highest BCUT2D eigenvalue weighted by molar-refractivity contribution is 7.74. The van der Waals surface area contributed by atoms with Crippen LogP contribution in [0.1, 0.15) is 19.8 Å². The van der Waals surface area contributed by atoms with Crippen molar-refractivity contribution in [2.75, 3.05) is 12.8 Å². The van der Waals surface area contributed by atoms with Crippen LogP contribution in [0.4, 0.5) is 0 Å². The molecule has 0 saturated heterocycles. The summed E-state index contributed by atoms with van der Waals surface area (Å²) in [4.78, 5) is 0. The Kier molecular flexibility index (Phi) is 3.01. The number of hydrogen-bond acceptors (Lipinski definition) is 3. The molecule has 15 heavy (non-hydrogen) atoms. The molecule has 0 saturated carbocycles. The maximum absolute atomic E-state index is 12.8. The van der Waals surface area contributed by atoms with E-state index in [1.807, 2.05) is 13.0 Å². The summed E-state index contributed by atoms with van der Waals surface area (Å²) in [5.41, 5.74) is 1.21. The Hall–Kier alpha value is -0.950. The third-order valence-electron chi connectivity index (χ3n) is 2.44. The van der Waals surface area contributed by atoms with E-state index >= 15 is 0 Å². The van der Waals surface area contributed by atoms with E-state index in [4.69, 9.17) is 9.15 Å². The highest BCUT2D eigenvalue weighted by Crippen LogP contribution is 2.55. The van der Waals surface area contributed by atoms with E-state index in [1.54, 1.807) is 18.4 Å². The molecule has 82 valence electrons. The van der Waals surface area contributed by atoms with E-state index < -0.39 is 7.14 Å². The molecule has 1 aliphatic heterocycles. The van der Waals surface area contributed by atoms with Crippen molar-refractivity contribution in [3.05, 3.63) is 30.0 Å². The van der Waals surface area contributed by atoms with Gasteiger partial charge in [0.25, 0.3) is 0 Å². The van der Waals surface area contributed by atoms with E-state index in [2.05, 4.69) is 0 Å². The maximum atomic E-state index is 12.8. The van der Waals surface area contributed by atoms with Crippen molar-refractivity contribution in [3.63, 3.8) is 0 Å². The highest BCUT2D eigenvalue weighted by Gasteiger charge is 2.34. The molecule has 1 aromatic heterocycles. The largest absolute Gasteiger partial charge is 0.490 e. The van der Waals surface area contributed by atoms with Crippen molar-refractivity contribution in [1.82, 2.24) is 0 Å². The first-order valence-electron chi connectivity index (χ1n) is 5.24. The molecule has 2 heterocycles. The van der Waals surface area contributed by atoms with Gasteiger partial charge in [-0.1, -0.05) is 6.92 Å². The second kappa shape index (κ2) is 4.28. The van der Waals surface area contributed by atoms with Gasteiger partial charge in [0.1, 0.15) is 0 Å². The van der Waals surface area contributed by atoms with E-state index in [9.17, 15) is 4.57 Å². The van der Waals surface area contributed by atoms with Crippen LogP contribution >= 0.6 is 7.14 Å². The maximum Gasteiger partial charge on any atom is 0.209 e. The van der Waals surface area contributed by atoms with Crippen molar-refractivity contribution in [2.45, 2.75) is 19.8 Å². The fourth-order valence-electron chi connectivity index (χ4n) is 1.78. The lowest BCUT2D eigenvalue weighted by atomic mass is 10.5. The first kappa shape index (κ1) is 10.6. The molecule has 1 atom stereocenters. The quantitative estimate of drug-likeness (QED) is 0.741. The molecular weight excluding hydrogens is 211 g/mol. The SMILES string of the molecule is CCCP(=O)(C1=CCCO1)c1ccco1. The molecule has 2 rings (SSSR count). The average Bonchev–Trinajstić information content (AvgIpc) is 2.92. The summed E-state index contributed by atoms with van der Waals surface area (Å²) in [7, 11) is -2.60. The minimum absolute atomic E-state index is 0.567. The first-order chi connectivity index (χ1) is 7.27. The molecule has 3 nitrogen and oxygen atoms in total. The topological polar surface area (TPSA) is 39.4 Å². The Bertz CT molecular complexity index is 392. The van der Waals surface area contributed by atoms with E-state index in [0.717, 1.165) is 12.8 Å². The summed E-state index contributed by atoms with van der Waals surface area (Å²) in [6.07, 6.45) is 5.82. The van der Waals surface area contributed by atoms with Gasteiger partial charge >= 0.3 is 0 Å². The lowest BCUT2D eigenvalue weighted by molar-refractivity contribution is 0.265. The van der Waals surface area contributed by atoms with Gasteiger partial charge in [-0.05, 0) is 24.6 Å². The number of rotatable bonds is 4. The summed E-state index contributed by atoms with van der Waals surface area (Å²) in [6, 6.07) is 3.55. The summed E-state index contributed by atoms with van der Waals surface area (Å²) in [6.45, 7) is 2.66. The summed E-state index contributed by atoms with van der Waals surface area (Å²) in [5.74, 6) is 0. The predicted octanol–water partition coefficient (Wildman–Crippen LogP) is 2.94. The molecule has 0 N–H and O–H groups in total. The summed E-state index contributed by atoms with van der Waals surface area (Å²) >= 11 is 0. The molecule has 1 aliphatic rings. The van der Waals surface area contributed by atoms with Crippen LogP contribution < -0.4 is 5.50 Å². The molecule has 4 heteroatoms. The van der Waals surface area contributed by atoms with Crippen LogP contribution in [-0.4, -0.2) is 12.8 Å². The average molecular weight is 226 g/mol. The van der Waals surface area contributed by atoms with Gasteiger partial charge in [-0.3, -0.25) is 0 Å². The fraction of sp³-hybridized carbons (Fsp3) is 0.455. The number of ether oxygens (including phenoxy) is 1. The Balaban J connectivity index is 2.36. The molecule has 0 bridgehead atoms. The van der Waals surface area contributed by atoms with Gasteiger partial charge in [0.15, 0.2) is 11.0 Å². The minimum Gasteiger partial charge on any atom is -0.490 e. The monoisotopic (exact) mass is 226 g/mol. The standard InChI is InChI=1S/C11H15O3P/c1-2-9-15(12,10-5-3-7-13-10)11-6-4-8-14-11/h3,5-7H,2,4,8-9H2,1H3.